The Morgan fingerprint density at radius 1 is 0.794 bits per heavy atom. The van der Waals surface area contributed by atoms with E-state index in [4.69, 9.17) is 14.2 Å². The number of anilines is 3. The summed E-state index contributed by atoms with van der Waals surface area (Å²) in [7, 11) is 0. The van der Waals surface area contributed by atoms with Crippen LogP contribution in [0.5, 0.6) is 17.2 Å². The standard InChI is InChI=1S/C10H13NO.2C9H11NO/c1-10(2)7-11-8-5-3-4-6-9(8)12-10;1-7-2-3-9-8(6-7)10-4-5-11-9;1-7-6-10-8-4-2-3-5-9(8)11-7/h3-6,11H,7H2,1-2H3;2-3,6,10H,4-5H2,1H3;2-5,7,10H,6H2,1H3. The van der Waals surface area contributed by atoms with E-state index in [0.717, 1.165) is 60.6 Å². The third kappa shape index (κ3) is 6.28. The van der Waals surface area contributed by atoms with E-state index in [-0.39, 0.29) is 11.7 Å². The minimum absolute atomic E-state index is 0.0889. The molecule has 0 bridgehead atoms. The second-order valence-corrected chi connectivity index (χ2v) is 9.29. The van der Waals surface area contributed by atoms with Gasteiger partial charge in [-0.25, -0.2) is 0 Å². The van der Waals surface area contributed by atoms with Gasteiger partial charge in [0, 0.05) is 6.54 Å². The number of aryl methyl sites for hydroxylation is 1. The van der Waals surface area contributed by atoms with Gasteiger partial charge in [0.2, 0.25) is 0 Å². The van der Waals surface area contributed by atoms with Crippen LogP contribution in [0.25, 0.3) is 0 Å². The Hall–Kier alpha value is -3.54. The molecule has 3 aromatic carbocycles. The highest BCUT2D eigenvalue weighted by Gasteiger charge is 2.25. The van der Waals surface area contributed by atoms with E-state index in [1.807, 2.05) is 54.6 Å². The fourth-order valence-electron chi connectivity index (χ4n) is 3.83. The molecule has 0 radical (unpaired) electrons. The maximum Gasteiger partial charge on any atom is 0.143 e. The predicted molar refractivity (Wildman–Crippen MR) is 140 cm³/mol. The zero-order valence-corrected chi connectivity index (χ0v) is 20.5. The Kier molecular flexibility index (Phi) is 7.36. The van der Waals surface area contributed by atoms with E-state index < -0.39 is 0 Å². The molecule has 3 heterocycles. The molecule has 3 aromatic rings. The summed E-state index contributed by atoms with van der Waals surface area (Å²) < 4.78 is 16.7. The van der Waals surface area contributed by atoms with Crippen molar-refractivity contribution < 1.29 is 14.2 Å². The van der Waals surface area contributed by atoms with E-state index in [2.05, 4.69) is 55.8 Å². The lowest BCUT2D eigenvalue weighted by atomic mass is 10.1. The molecule has 1 atom stereocenters. The summed E-state index contributed by atoms with van der Waals surface area (Å²) in [4.78, 5) is 0. The van der Waals surface area contributed by atoms with E-state index in [1.54, 1.807) is 0 Å². The van der Waals surface area contributed by atoms with Gasteiger partial charge in [-0.2, -0.15) is 0 Å². The van der Waals surface area contributed by atoms with Crippen molar-refractivity contribution >= 4 is 17.1 Å². The third-order valence-electron chi connectivity index (χ3n) is 5.58. The molecular formula is C28H35N3O3. The Labute approximate surface area is 202 Å². The summed E-state index contributed by atoms with van der Waals surface area (Å²) in [5.74, 6) is 2.89. The van der Waals surface area contributed by atoms with Crippen LogP contribution in [0.4, 0.5) is 17.1 Å². The summed E-state index contributed by atoms with van der Waals surface area (Å²) in [6.45, 7) is 11.7. The molecule has 0 saturated carbocycles. The molecule has 0 saturated heterocycles. The highest BCUT2D eigenvalue weighted by Crippen LogP contribution is 2.32. The number of hydrogen-bond acceptors (Lipinski definition) is 6. The van der Waals surface area contributed by atoms with Crippen LogP contribution in [0.3, 0.4) is 0 Å². The fourth-order valence-corrected chi connectivity index (χ4v) is 3.83. The van der Waals surface area contributed by atoms with Gasteiger partial charge in [-0.1, -0.05) is 30.3 Å². The van der Waals surface area contributed by atoms with E-state index >= 15 is 0 Å². The SMILES string of the molecule is CC1(C)CNc2ccccc2O1.CC1CNc2ccccc2O1.Cc1ccc2c(c1)NCCO2. The second-order valence-electron chi connectivity index (χ2n) is 9.29. The van der Waals surface area contributed by atoms with Crippen LogP contribution >= 0.6 is 0 Å². The Morgan fingerprint density at radius 2 is 1.50 bits per heavy atom. The van der Waals surface area contributed by atoms with Crippen LogP contribution in [0.15, 0.2) is 66.7 Å². The van der Waals surface area contributed by atoms with Crippen LogP contribution in [-0.2, 0) is 0 Å². The van der Waals surface area contributed by atoms with Gasteiger partial charge in [0.15, 0.2) is 0 Å². The lowest BCUT2D eigenvalue weighted by Crippen LogP contribution is -2.39. The van der Waals surface area contributed by atoms with Gasteiger partial charge in [-0.05, 0) is 69.7 Å². The molecule has 6 heteroatoms. The Morgan fingerprint density at radius 3 is 2.29 bits per heavy atom. The molecule has 0 fully saturated rings. The van der Waals surface area contributed by atoms with Crippen LogP contribution in [0.2, 0.25) is 0 Å². The van der Waals surface area contributed by atoms with Crippen LogP contribution in [0, 0.1) is 6.92 Å². The maximum atomic E-state index is 5.76. The van der Waals surface area contributed by atoms with Gasteiger partial charge in [-0.15, -0.1) is 0 Å². The summed E-state index contributed by atoms with van der Waals surface area (Å²) >= 11 is 0. The Bertz CT molecular complexity index is 1100. The molecule has 0 spiro atoms. The first kappa shape index (κ1) is 23.6. The van der Waals surface area contributed by atoms with Crippen molar-refractivity contribution in [3.63, 3.8) is 0 Å². The van der Waals surface area contributed by atoms with Crippen LogP contribution in [-0.4, -0.2) is 37.9 Å². The smallest absolute Gasteiger partial charge is 0.143 e. The minimum atomic E-state index is -0.0889. The largest absolute Gasteiger partial charge is 0.490 e. The molecule has 3 N–H and O–H groups in total. The second kappa shape index (κ2) is 10.6. The van der Waals surface area contributed by atoms with Crippen LogP contribution < -0.4 is 30.2 Å². The first-order valence-electron chi connectivity index (χ1n) is 11.9. The predicted octanol–water partition coefficient (Wildman–Crippen LogP) is 5.95. The van der Waals surface area contributed by atoms with Crippen molar-refractivity contribution in [3.05, 3.63) is 72.3 Å². The third-order valence-corrected chi connectivity index (χ3v) is 5.58. The van der Waals surface area contributed by atoms with Crippen molar-refractivity contribution in [3.8, 4) is 17.2 Å². The lowest BCUT2D eigenvalue weighted by Gasteiger charge is -2.33. The molecule has 180 valence electrons. The van der Waals surface area contributed by atoms with Crippen molar-refractivity contribution in [2.75, 3.05) is 42.2 Å². The molecular weight excluding hydrogens is 426 g/mol. The molecule has 0 aromatic heterocycles. The summed E-state index contributed by atoms with van der Waals surface area (Å²) in [5, 5.41) is 9.89. The number of benzene rings is 3. The number of hydrogen-bond donors (Lipinski definition) is 3. The molecule has 34 heavy (non-hydrogen) atoms. The van der Waals surface area contributed by atoms with Gasteiger partial charge >= 0.3 is 0 Å². The average Bonchev–Trinajstić information content (AvgIpc) is 2.84. The van der Waals surface area contributed by atoms with Crippen LogP contribution in [0.1, 0.15) is 26.3 Å². The van der Waals surface area contributed by atoms with Gasteiger partial charge < -0.3 is 30.2 Å². The van der Waals surface area contributed by atoms with Gasteiger partial charge in [0.1, 0.15) is 35.6 Å². The number of rotatable bonds is 0. The highest BCUT2D eigenvalue weighted by molar-refractivity contribution is 5.59. The normalized spacial score (nSPS) is 18.3. The van der Waals surface area contributed by atoms with Crippen molar-refractivity contribution in [1.82, 2.24) is 0 Å². The Balaban J connectivity index is 0.000000121. The first-order chi connectivity index (χ1) is 16.4. The fraction of sp³-hybridized carbons (Fsp3) is 0.357. The summed E-state index contributed by atoms with van der Waals surface area (Å²) in [6.07, 6.45) is 0.282. The van der Waals surface area contributed by atoms with Crippen molar-refractivity contribution in [2.45, 2.75) is 39.4 Å². The zero-order chi connectivity index (χ0) is 24.0. The van der Waals surface area contributed by atoms with Crippen molar-refractivity contribution in [2.24, 2.45) is 0 Å². The van der Waals surface area contributed by atoms with Crippen molar-refractivity contribution in [1.29, 1.82) is 0 Å². The average molecular weight is 462 g/mol. The summed E-state index contributed by atoms with van der Waals surface area (Å²) in [5.41, 5.74) is 4.49. The quantitative estimate of drug-likeness (QED) is 0.385. The first-order valence-corrected chi connectivity index (χ1v) is 11.9. The molecule has 6 rings (SSSR count). The number of fused-ring (bicyclic) bond motifs is 3. The number of nitrogens with one attached hydrogen (secondary N) is 3. The lowest BCUT2D eigenvalue weighted by molar-refractivity contribution is 0.116. The highest BCUT2D eigenvalue weighted by atomic mass is 16.5. The molecule has 0 amide bonds. The van der Waals surface area contributed by atoms with E-state index in [0.29, 0.717) is 0 Å². The number of ether oxygens (including phenoxy) is 3. The van der Waals surface area contributed by atoms with E-state index in [1.165, 1.54) is 5.56 Å². The molecule has 1 unspecified atom stereocenters. The molecule has 3 aliphatic heterocycles. The monoisotopic (exact) mass is 461 g/mol. The minimum Gasteiger partial charge on any atom is -0.490 e. The van der Waals surface area contributed by atoms with Gasteiger partial charge in [0.05, 0.1) is 30.2 Å². The zero-order valence-electron chi connectivity index (χ0n) is 20.5. The van der Waals surface area contributed by atoms with Gasteiger partial charge in [-0.3, -0.25) is 0 Å². The molecule has 0 aliphatic carbocycles. The maximum absolute atomic E-state index is 5.76. The number of para-hydroxylation sites is 4. The molecule has 3 aliphatic rings. The summed E-state index contributed by atoms with van der Waals surface area (Å²) in [6, 6.07) is 22.2. The molecule has 6 nitrogen and oxygen atoms in total. The van der Waals surface area contributed by atoms with E-state index in [9.17, 15) is 0 Å². The topological polar surface area (TPSA) is 63.8 Å². The van der Waals surface area contributed by atoms with Gasteiger partial charge in [0.25, 0.3) is 0 Å².